The molecule has 0 spiro atoms. The zero-order valence-corrected chi connectivity index (χ0v) is 66.0. The van der Waals surface area contributed by atoms with Crippen molar-refractivity contribution >= 4 is 89.5 Å². The van der Waals surface area contributed by atoms with Crippen molar-refractivity contribution in [3.63, 3.8) is 0 Å². The van der Waals surface area contributed by atoms with Crippen molar-refractivity contribution in [3.8, 4) is 0 Å². The maximum Gasteiger partial charge on any atom is 0.345 e. The van der Waals surface area contributed by atoms with E-state index in [1.807, 2.05) is 0 Å². The van der Waals surface area contributed by atoms with Gasteiger partial charge in [-0.25, -0.2) is 19.2 Å². The second-order valence-electron chi connectivity index (χ2n) is 26.3. The van der Waals surface area contributed by atoms with Crippen LogP contribution in [0.2, 0.25) is 0 Å². The number of nitrogens with zero attached hydrogens (tertiary/aromatic N) is 5. The van der Waals surface area contributed by atoms with Gasteiger partial charge in [-0.3, -0.25) is 28.8 Å². The van der Waals surface area contributed by atoms with E-state index in [4.69, 9.17) is 56.2 Å². The molecule has 0 aliphatic rings. The highest BCUT2D eigenvalue weighted by molar-refractivity contribution is 5.88. The SMILES string of the molecule is CCC(OC(C)=O)C(=O)O.CCC(OC(C)=O)C(=O)O.CCC(OC(C)=O)C(=O)O.CCC(OC(C)=O)C(=O)O.CCC(OC(C)=O)C(=O)[O-].C[N+](C)(C)CCO.C[N+](C)(C)CCO.C[N+](C)(C)CCO.C[N+](C)(C)CCO.C[N+](C)(C)CCO.O=C([O-])CC(=O)O.O=C([O-])CC(O)(CC(=O)[O-])C(=O)[O-]. The van der Waals surface area contributed by atoms with Crippen LogP contribution in [0.4, 0.5) is 0 Å². The van der Waals surface area contributed by atoms with Gasteiger partial charge < -0.3 is 152 Å². The molecule has 0 fully saturated rings. The minimum absolute atomic E-state index is 0.238. The predicted molar refractivity (Wildman–Crippen MR) is 361 cm³/mol. The van der Waals surface area contributed by atoms with E-state index in [1.54, 1.807) is 34.6 Å². The summed E-state index contributed by atoms with van der Waals surface area (Å²) in [4.78, 5) is 151. The lowest BCUT2D eigenvalue weighted by atomic mass is 9.96. The fourth-order valence-corrected chi connectivity index (χ4v) is 4.84. The summed E-state index contributed by atoms with van der Waals surface area (Å²) in [5.41, 5.74) is -2.97. The minimum Gasteiger partial charge on any atom is -0.550 e. The van der Waals surface area contributed by atoms with Gasteiger partial charge in [-0.2, -0.15) is 0 Å². The number of quaternary nitrogens is 5. The Labute approximate surface area is 615 Å². The van der Waals surface area contributed by atoms with Crippen molar-refractivity contribution in [3.05, 3.63) is 0 Å². The Morgan fingerprint density at radius 1 is 0.314 bits per heavy atom. The maximum atomic E-state index is 10.2. The van der Waals surface area contributed by atoms with Crippen LogP contribution in [0.15, 0.2) is 0 Å². The van der Waals surface area contributed by atoms with Gasteiger partial charge in [0, 0.05) is 59.4 Å². The Hall–Kier alpha value is -8.39. The standard InChI is InChI=1S/C6H8O7.5C6H10O4.5C5H14NO.C3H4O4/c7-3(8)1-6(13,5(11)12)2-4(9)10;5*1-3-5(6(8)9)10-4(2)7;5*1-6(2,3)4-5-7;4-2(5)1-3(6)7/h13H,1-2H2,(H,7,8)(H,9,10)(H,11,12);5*5H,3H2,1-2H3,(H,8,9);5*7H,4-5H2,1-3H3;1H2,(H,4,5)(H,6,7)/q;;;;;;5*+1;/p-5. The van der Waals surface area contributed by atoms with Crippen molar-refractivity contribution in [2.75, 3.05) is 171 Å². The molecule has 0 aromatic carbocycles. The summed E-state index contributed by atoms with van der Waals surface area (Å²) in [5.74, 6) is -17.5. The van der Waals surface area contributed by atoms with E-state index in [0.717, 1.165) is 62.1 Å². The van der Waals surface area contributed by atoms with Crippen LogP contribution < -0.4 is 25.5 Å². The molecule has 0 aromatic rings. The van der Waals surface area contributed by atoms with Gasteiger partial charge >= 0.3 is 59.7 Å². The summed E-state index contributed by atoms with van der Waals surface area (Å²) in [7, 11) is 30.8. The first-order chi connectivity index (χ1) is 47.1. The number of aliphatic carboxylic acids is 10. The monoisotopic (exact) mass is 1540 g/mol. The molecule has 41 heteroatoms. The lowest BCUT2D eigenvalue weighted by molar-refractivity contribution is -0.870. The summed E-state index contributed by atoms with van der Waals surface area (Å²) < 4.78 is 26.3. The van der Waals surface area contributed by atoms with Crippen LogP contribution in [-0.2, 0) is 95.6 Å². The first-order valence-corrected chi connectivity index (χ1v) is 31.9. The number of aliphatic hydroxyl groups excluding tert-OH is 5. The smallest absolute Gasteiger partial charge is 0.345 e. The Morgan fingerprint density at radius 3 is 0.514 bits per heavy atom. The van der Waals surface area contributed by atoms with Crippen LogP contribution in [0, 0.1) is 0 Å². The Kier molecular flexibility index (Phi) is 82.2. The number of hydrogen-bond donors (Lipinski definition) is 11. The quantitative estimate of drug-likeness (QED) is 0.0129. The molecular weight excluding hydrogens is 1410 g/mol. The van der Waals surface area contributed by atoms with Gasteiger partial charge in [0.1, 0.15) is 44.4 Å². The first kappa shape index (κ1) is 123. The number of hydrogen-bond acceptors (Lipinski definition) is 31. The molecule has 624 valence electrons. The van der Waals surface area contributed by atoms with Crippen molar-refractivity contribution in [1.82, 2.24) is 0 Å². The van der Waals surface area contributed by atoms with Gasteiger partial charge in [0.25, 0.3) is 0 Å². The van der Waals surface area contributed by atoms with Gasteiger partial charge in [0.15, 0.2) is 24.4 Å². The van der Waals surface area contributed by atoms with Crippen LogP contribution in [0.3, 0.4) is 0 Å². The normalized spacial score (nSPS) is 11.7. The van der Waals surface area contributed by atoms with Gasteiger partial charge in [-0.15, -0.1) is 0 Å². The van der Waals surface area contributed by atoms with E-state index >= 15 is 0 Å². The summed E-state index contributed by atoms with van der Waals surface area (Å²) in [6, 6.07) is 0. The molecule has 41 nitrogen and oxygen atoms in total. The van der Waals surface area contributed by atoms with Crippen molar-refractivity contribution in [2.24, 2.45) is 0 Å². The van der Waals surface area contributed by atoms with Crippen molar-refractivity contribution in [2.45, 2.75) is 157 Å². The molecule has 0 aromatic heterocycles. The van der Waals surface area contributed by atoms with Crippen LogP contribution in [0.1, 0.15) is 121 Å². The number of esters is 5. The maximum absolute atomic E-state index is 10.2. The predicted octanol–water partition coefficient (Wildman–Crippen LogP) is -7.89. The third-order valence-electron chi connectivity index (χ3n) is 10.2. The second kappa shape index (κ2) is 70.0. The summed E-state index contributed by atoms with van der Waals surface area (Å²) in [6.07, 6.45) is -7.25. The van der Waals surface area contributed by atoms with E-state index < -0.39 is 145 Å². The minimum atomic E-state index is -2.97. The zero-order chi connectivity index (χ0) is 86.8. The third-order valence-corrected chi connectivity index (χ3v) is 10.2. The highest BCUT2D eigenvalue weighted by atomic mass is 16.6. The Balaban J connectivity index is -0.0000000903. The summed E-state index contributed by atoms with van der Waals surface area (Å²) >= 11 is 0. The number of rotatable bonds is 32. The van der Waals surface area contributed by atoms with E-state index in [9.17, 15) is 97.5 Å². The molecule has 0 aliphatic carbocycles. The van der Waals surface area contributed by atoms with Crippen LogP contribution in [0.25, 0.3) is 0 Å². The number of carbonyl (C=O) groups excluding carboxylic acids is 10. The number of aliphatic hydroxyl groups is 6. The van der Waals surface area contributed by atoms with Crippen molar-refractivity contribution < 1.29 is 200 Å². The van der Waals surface area contributed by atoms with Crippen LogP contribution >= 0.6 is 0 Å². The van der Waals surface area contributed by atoms with E-state index in [2.05, 4.69) is 129 Å². The zero-order valence-electron chi connectivity index (χ0n) is 66.0. The molecule has 0 bridgehead atoms. The molecule has 0 heterocycles. The third kappa shape index (κ3) is 126. The fraction of sp³-hybridized carbons (Fsp3) is 0.766. The Morgan fingerprint density at radius 2 is 0.476 bits per heavy atom. The molecule has 5 atom stereocenters. The number of carboxylic acid groups (broad SMARTS) is 10. The van der Waals surface area contributed by atoms with E-state index in [0.29, 0.717) is 25.7 Å². The second-order valence-corrected chi connectivity index (χ2v) is 26.3. The number of carbonyl (C=O) groups is 15. The molecule has 0 saturated carbocycles. The van der Waals surface area contributed by atoms with Gasteiger partial charge in [-0.1, -0.05) is 34.6 Å². The van der Waals surface area contributed by atoms with Crippen LogP contribution in [-0.4, -0.2) is 376 Å². The Bertz CT molecular complexity index is 2110. The van der Waals surface area contributed by atoms with Gasteiger partial charge in [0.2, 0.25) is 0 Å². The number of ether oxygens (including phenoxy) is 5. The topological polar surface area (TPSA) is 640 Å². The lowest BCUT2D eigenvalue weighted by Crippen LogP contribution is -2.54. The van der Waals surface area contributed by atoms with E-state index in [-0.39, 0.29) is 39.5 Å². The molecule has 105 heavy (non-hydrogen) atoms. The summed E-state index contributed by atoms with van der Waals surface area (Å²) in [5, 5.41) is 141. The molecule has 0 radical (unpaired) electrons. The van der Waals surface area contributed by atoms with Crippen molar-refractivity contribution in [1.29, 1.82) is 0 Å². The summed E-state index contributed by atoms with van der Waals surface area (Å²) in [6.45, 7) is 19.6. The van der Waals surface area contributed by atoms with E-state index in [1.165, 1.54) is 27.7 Å². The number of likely N-dealkylation sites (N-methyl/N-ethyl adjacent to an activating group) is 5. The largest absolute Gasteiger partial charge is 0.550 e. The average Bonchev–Trinajstić information content (AvgIpc) is 0.858. The highest BCUT2D eigenvalue weighted by Crippen LogP contribution is 2.13. The fourth-order valence-electron chi connectivity index (χ4n) is 4.84. The molecule has 0 saturated heterocycles. The molecule has 5 unspecified atom stereocenters. The molecule has 11 N–H and O–H groups in total. The van der Waals surface area contributed by atoms with Gasteiger partial charge in [0.05, 0.1) is 163 Å². The van der Waals surface area contributed by atoms with Crippen LogP contribution in [0.5, 0.6) is 0 Å². The highest BCUT2D eigenvalue weighted by Gasteiger charge is 2.29. The molecule has 0 amide bonds. The molecule has 0 rings (SSSR count). The lowest BCUT2D eigenvalue weighted by Gasteiger charge is -2.29. The average molecular weight is 1540 g/mol. The number of carboxylic acids is 10. The first-order valence-electron chi connectivity index (χ1n) is 31.9. The molecular formula is C64H127N5O36. The van der Waals surface area contributed by atoms with Gasteiger partial charge in [-0.05, 0) is 32.1 Å². The molecule has 0 aliphatic heterocycles.